The molecule has 8 heteroatoms. The molecule has 5 nitrogen and oxygen atoms in total. The number of nitrogens with one attached hydrogen (secondary N) is 1. The minimum Gasteiger partial charge on any atom is -0.478 e. The van der Waals surface area contributed by atoms with Gasteiger partial charge in [-0.25, -0.2) is 4.79 Å². The van der Waals surface area contributed by atoms with E-state index in [2.05, 4.69) is 10.4 Å². The molecule has 0 saturated carbocycles. The first-order valence-electron chi connectivity index (χ1n) is 5.90. The largest absolute Gasteiger partial charge is 0.478 e. The summed E-state index contributed by atoms with van der Waals surface area (Å²) in [5, 5.41) is 15.9. The fraction of sp³-hybridized carbons (Fsp3) is 0.231. The van der Waals surface area contributed by atoms with Crippen molar-refractivity contribution < 1.29 is 23.1 Å². The van der Waals surface area contributed by atoms with Crippen molar-refractivity contribution in [1.29, 1.82) is 0 Å². The van der Waals surface area contributed by atoms with E-state index < -0.39 is 23.3 Å². The summed E-state index contributed by atoms with van der Waals surface area (Å²) >= 11 is 0. The average molecular weight is 299 g/mol. The second kappa shape index (κ2) is 5.12. The van der Waals surface area contributed by atoms with Crippen LogP contribution >= 0.6 is 0 Å². The molecule has 0 unspecified atom stereocenters. The van der Waals surface area contributed by atoms with Crippen LogP contribution in [-0.4, -0.2) is 20.9 Å². The zero-order valence-corrected chi connectivity index (χ0v) is 11.2. The molecule has 0 bridgehead atoms. The number of benzene rings is 1. The predicted octanol–water partition coefficient (Wildman–Crippen LogP) is 3.19. The standard InChI is InChI=1S/C13H12F3N3O2/c1-7-11(6-19(2)18-7)17-10-4-3-8(13(14,15)16)5-9(10)12(20)21/h3-6,17H,1-2H3,(H,20,21). The van der Waals surface area contributed by atoms with Crippen LogP contribution in [0.15, 0.2) is 24.4 Å². The number of rotatable bonds is 3. The van der Waals surface area contributed by atoms with Gasteiger partial charge in [-0.3, -0.25) is 4.68 Å². The maximum absolute atomic E-state index is 12.6. The molecule has 0 spiro atoms. The molecule has 1 heterocycles. The summed E-state index contributed by atoms with van der Waals surface area (Å²) in [4.78, 5) is 11.2. The minimum absolute atomic E-state index is 0.0756. The number of hydrogen-bond acceptors (Lipinski definition) is 3. The number of anilines is 2. The molecule has 0 aliphatic rings. The lowest BCUT2D eigenvalue weighted by atomic mass is 10.1. The molecule has 1 aromatic heterocycles. The lowest BCUT2D eigenvalue weighted by Crippen LogP contribution is -2.09. The second-order valence-corrected chi connectivity index (χ2v) is 4.49. The van der Waals surface area contributed by atoms with Crippen LogP contribution in [0.2, 0.25) is 0 Å². The Bertz CT molecular complexity index is 692. The smallest absolute Gasteiger partial charge is 0.416 e. The summed E-state index contributed by atoms with van der Waals surface area (Å²) in [6.45, 7) is 1.70. The normalized spacial score (nSPS) is 11.5. The van der Waals surface area contributed by atoms with Crippen LogP contribution in [0.1, 0.15) is 21.6 Å². The van der Waals surface area contributed by atoms with Gasteiger partial charge in [0.15, 0.2) is 0 Å². The van der Waals surface area contributed by atoms with Crippen LogP contribution in [0.25, 0.3) is 0 Å². The number of nitrogens with zero attached hydrogens (tertiary/aromatic N) is 2. The van der Waals surface area contributed by atoms with Crippen molar-refractivity contribution in [2.75, 3.05) is 5.32 Å². The van der Waals surface area contributed by atoms with Gasteiger partial charge in [-0.1, -0.05) is 0 Å². The number of aromatic carboxylic acids is 1. The Morgan fingerprint density at radius 3 is 2.48 bits per heavy atom. The van der Waals surface area contributed by atoms with Crippen LogP contribution < -0.4 is 5.32 Å². The van der Waals surface area contributed by atoms with E-state index in [0.29, 0.717) is 17.4 Å². The van der Waals surface area contributed by atoms with Gasteiger partial charge in [0.1, 0.15) is 0 Å². The molecule has 0 aliphatic heterocycles. The van der Waals surface area contributed by atoms with Crippen molar-refractivity contribution in [1.82, 2.24) is 9.78 Å². The third kappa shape index (κ3) is 3.15. The zero-order chi connectivity index (χ0) is 15.8. The maximum atomic E-state index is 12.6. The Morgan fingerprint density at radius 2 is 2.00 bits per heavy atom. The number of aromatic nitrogens is 2. The summed E-state index contributed by atoms with van der Waals surface area (Å²) in [5.41, 5.74) is -0.249. The second-order valence-electron chi connectivity index (χ2n) is 4.49. The number of alkyl halides is 3. The van der Waals surface area contributed by atoms with Crippen molar-refractivity contribution in [3.8, 4) is 0 Å². The lowest BCUT2D eigenvalue weighted by molar-refractivity contribution is -0.137. The van der Waals surface area contributed by atoms with E-state index in [1.54, 1.807) is 20.2 Å². The zero-order valence-electron chi connectivity index (χ0n) is 11.2. The fourth-order valence-electron chi connectivity index (χ4n) is 1.87. The summed E-state index contributed by atoms with van der Waals surface area (Å²) in [5.74, 6) is -1.44. The SMILES string of the molecule is Cc1nn(C)cc1Nc1ccc(C(F)(F)F)cc1C(=O)O. The van der Waals surface area contributed by atoms with E-state index in [1.165, 1.54) is 4.68 Å². The topological polar surface area (TPSA) is 67.2 Å². The number of hydrogen-bond donors (Lipinski definition) is 2. The molecular formula is C13H12F3N3O2. The van der Waals surface area contributed by atoms with Crippen LogP contribution in [-0.2, 0) is 13.2 Å². The van der Waals surface area contributed by atoms with E-state index in [9.17, 15) is 18.0 Å². The lowest BCUT2D eigenvalue weighted by Gasteiger charge is -2.12. The molecule has 2 rings (SSSR count). The first-order valence-corrected chi connectivity index (χ1v) is 5.90. The molecule has 2 N–H and O–H groups in total. The summed E-state index contributed by atoms with van der Waals surface area (Å²) in [6.07, 6.45) is -2.98. The highest BCUT2D eigenvalue weighted by Crippen LogP contribution is 2.33. The third-order valence-corrected chi connectivity index (χ3v) is 2.86. The third-order valence-electron chi connectivity index (χ3n) is 2.86. The summed E-state index contributed by atoms with van der Waals surface area (Å²) in [6, 6.07) is 2.54. The summed E-state index contributed by atoms with van der Waals surface area (Å²) in [7, 11) is 1.68. The Balaban J connectivity index is 2.44. The molecular weight excluding hydrogens is 287 g/mol. The van der Waals surface area contributed by atoms with Crippen molar-refractivity contribution >= 4 is 17.3 Å². The van der Waals surface area contributed by atoms with Gasteiger partial charge in [-0.05, 0) is 25.1 Å². The van der Waals surface area contributed by atoms with Gasteiger partial charge < -0.3 is 10.4 Å². The van der Waals surface area contributed by atoms with E-state index in [1.807, 2.05) is 0 Å². The highest BCUT2D eigenvalue weighted by atomic mass is 19.4. The van der Waals surface area contributed by atoms with Gasteiger partial charge in [0.25, 0.3) is 0 Å². The van der Waals surface area contributed by atoms with Crippen molar-refractivity contribution in [2.24, 2.45) is 7.05 Å². The molecule has 21 heavy (non-hydrogen) atoms. The average Bonchev–Trinajstić information content (AvgIpc) is 2.66. The predicted molar refractivity (Wildman–Crippen MR) is 69.6 cm³/mol. The quantitative estimate of drug-likeness (QED) is 0.913. The van der Waals surface area contributed by atoms with Crippen LogP contribution in [0, 0.1) is 6.92 Å². The molecule has 1 aromatic carbocycles. The molecule has 0 atom stereocenters. The van der Waals surface area contributed by atoms with E-state index >= 15 is 0 Å². The van der Waals surface area contributed by atoms with Gasteiger partial charge in [-0.15, -0.1) is 0 Å². The van der Waals surface area contributed by atoms with Crippen LogP contribution in [0.3, 0.4) is 0 Å². The van der Waals surface area contributed by atoms with Gasteiger partial charge in [0.2, 0.25) is 0 Å². The number of halogens is 3. The highest BCUT2D eigenvalue weighted by Gasteiger charge is 2.31. The molecule has 0 fully saturated rings. The van der Waals surface area contributed by atoms with Gasteiger partial charge >= 0.3 is 12.1 Å². The molecule has 0 amide bonds. The molecule has 112 valence electrons. The van der Waals surface area contributed by atoms with Crippen LogP contribution in [0.5, 0.6) is 0 Å². The summed E-state index contributed by atoms with van der Waals surface area (Å²) < 4.78 is 39.4. The van der Waals surface area contributed by atoms with Crippen molar-refractivity contribution in [3.63, 3.8) is 0 Å². The van der Waals surface area contributed by atoms with E-state index in [4.69, 9.17) is 5.11 Å². The monoisotopic (exact) mass is 299 g/mol. The Kier molecular flexibility index (Phi) is 3.63. The maximum Gasteiger partial charge on any atom is 0.416 e. The number of carboxylic acid groups (broad SMARTS) is 1. The van der Waals surface area contributed by atoms with Gasteiger partial charge in [0, 0.05) is 13.2 Å². The molecule has 2 aromatic rings. The minimum atomic E-state index is -4.59. The highest BCUT2D eigenvalue weighted by molar-refractivity contribution is 5.95. The molecule has 0 saturated heterocycles. The Labute approximate surface area is 118 Å². The van der Waals surface area contributed by atoms with Gasteiger partial charge in [0.05, 0.1) is 28.2 Å². The van der Waals surface area contributed by atoms with E-state index in [-0.39, 0.29) is 5.69 Å². The number of aryl methyl sites for hydroxylation is 2. The van der Waals surface area contributed by atoms with E-state index in [0.717, 1.165) is 12.1 Å². The number of carboxylic acids is 1. The molecule has 0 aliphatic carbocycles. The fourth-order valence-corrected chi connectivity index (χ4v) is 1.87. The Morgan fingerprint density at radius 1 is 1.33 bits per heavy atom. The van der Waals surface area contributed by atoms with Crippen LogP contribution in [0.4, 0.5) is 24.5 Å². The van der Waals surface area contributed by atoms with Crippen molar-refractivity contribution in [2.45, 2.75) is 13.1 Å². The van der Waals surface area contributed by atoms with Crippen molar-refractivity contribution in [3.05, 3.63) is 41.2 Å². The first kappa shape index (κ1) is 14.9. The first-order chi connectivity index (χ1) is 9.68. The molecule has 0 radical (unpaired) electrons. The number of carbonyl (C=O) groups is 1. The van der Waals surface area contributed by atoms with Gasteiger partial charge in [-0.2, -0.15) is 18.3 Å². The Hall–Kier alpha value is -2.51.